The Morgan fingerprint density at radius 2 is 2.31 bits per heavy atom. The Morgan fingerprint density at radius 3 is 2.88 bits per heavy atom. The van der Waals surface area contributed by atoms with Crippen LogP contribution in [0.4, 0.5) is 0 Å². The molecule has 0 aromatic carbocycles. The molecule has 0 amide bonds. The normalized spacial score (nSPS) is 21.2. The molecule has 0 spiro atoms. The molecule has 1 aliphatic rings. The van der Waals surface area contributed by atoms with Crippen molar-refractivity contribution in [2.24, 2.45) is 0 Å². The lowest BCUT2D eigenvalue weighted by atomic mass is 9.94. The highest BCUT2D eigenvalue weighted by Crippen LogP contribution is 2.23. The number of ether oxygens (including phenoxy) is 1. The summed E-state index contributed by atoms with van der Waals surface area (Å²) < 4.78 is 5.81. The molecule has 0 heterocycles. The van der Waals surface area contributed by atoms with Crippen molar-refractivity contribution >= 4 is 0 Å². The number of aliphatic hydroxyl groups is 1. The third kappa shape index (κ3) is 5.64. The smallest absolute Gasteiger partial charge is 0.0613 e. The second kappa shape index (κ2) is 7.82. The predicted molar refractivity (Wildman–Crippen MR) is 66.5 cm³/mol. The van der Waals surface area contributed by atoms with Crippen LogP contribution in [0.25, 0.3) is 0 Å². The summed E-state index contributed by atoms with van der Waals surface area (Å²) in [4.78, 5) is 2.14. The predicted octanol–water partition coefficient (Wildman–Crippen LogP) is 1.82. The third-order valence-corrected chi connectivity index (χ3v) is 3.00. The van der Waals surface area contributed by atoms with Crippen LogP contribution >= 0.6 is 0 Å². The molecule has 0 radical (unpaired) electrons. The summed E-state index contributed by atoms with van der Waals surface area (Å²) in [5.41, 5.74) is 1.50. The fourth-order valence-electron chi connectivity index (χ4n) is 1.95. The summed E-state index contributed by atoms with van der Waals surface area (Å²) in [6.45, 7) is 2.13. The maximum atomic E-state index is 8.76. The average molecular weight is 227 g/mol. The van der Waals surface area contributed by atoms with Gasteiger partial charge in [0.25, 0.3) is 0 Å². The molecule has 0 saturated heterocycles. The highest BCUT2D eigenvalue weighted by Gasteiger charge is 2.14. The van der Waals surface area contributed by atoms with Crippen molar-refractivity contribution in [3.8, 4) is 0 Å². The van der Waals surface area contributed by atoms with Crippen LogP contribution in [-0.4, -0.2) is 50.0 Å². The monoisotopic (exact) mass is 227 g/mol. The van der Waals surface area contributed by atoms with E-state index < -0.39 is 0 Å². The van der Waals surface area contributed by atoms with Crippen LogP contribution in [0.2, 0.25) is 0 Å². The van der Waals surface area contributed by atoms with E-state index in [9.17, 15) is 0 Å². The summed E-state index contributed by atoms with van der Waals surface area (Å²) in [5, 5.41) is 8.76. The van der Waals surface area contributed by atoms with Crippen LogP contribution in [0.3, 0.4) is 0 Å². The van der Waals surface area contributed by atoms with Gasteiger partial charge in [-0.2, -0.15) is 0 Å². The van der Waals surface area contributed by atoms with Gasteiger partial charge in [0.1, 0.15) is 0 Å². The van der Waals surface area contributed by atoms with Crippen LogP contribution in [0.5, 0.6) is 0 Å². The van der Waals surface area contributed by atoms with Gasteiger partial charge in [-0.15, -0.1) is 0 Å². The van der Waals surface area contributed by atoms with Crippen molar-refractivity contribution in [2.75, 3.05) is 33.9 Å². The SMILES string of the molecule is CN(C)CCOC1CC=C(CCCO)CC1. The molecule has 3 nitrogen and oxygen atoms in total. The lowest BCUT2D eigenvalue weighted by molar-refractivity contribution is 0.0379. The molecule has 1 rings (SSSR count). The van der Waals surface area contributed by atoms with Gasteiger partial charge in [0.05, 0.1) is 12.7 Å². The van der Waals surface area contributed by atoms with Crippen LogP contribution < -0.4 is 0 Å². The van der Waals surface area contributed by atoms with Gasteiger partial charge in [-0.25, -0.2) is 0 Å². The maximum Gasteiger partial charge on any atom is 0.0613 e. The van der Waals surface area contributed by atoms with Crippen LogP contribution in [0.1, 0.15) is 32.1 Å². The van der Waals surface area contributed by atoms with Crippen LogP contribution in [-0.2, 0) is 4.74 Å². The molecule has 1 N–H and O–H groups in total. The number of hydrogen-bond donors (Lipinski definition) is 1. The lowest BCUT2D eigenvalue weighted by Crippen LogP contribution is -2.23. The van der Waals surface area contributed by atoms with Crippen molar-refractivity contribution in [2.45, 2.75) is 38.2 Å². The van der Waals surface area contributed by atoms with E-state index >= 15 is 0 Å². The molecule has 16 heavy (non-hydrogen) atoms. The van der Waals surface area contributed by atoms with Gasteiger partial charge in [-0.3, -0.25) is 0 Å². The van der Waals surface area contributed by atoms with E-state index in [1.165, 1.54) is 5.57 Å². The van der Waals surface area contributed by atoms with E-state index in [0.29, 0.717) is 12.7 Å². The Morgan fingerprint density at radius 1 is 1.50 bits per heavy atom. The zero-order valence-electron chi connectivity index (χ0n) is 10.6. The molecule has 0 fully saturated rings. The number of allylic oxidation sites excluding steroid dienone is 1. The Balaban J connectivity index is 2.13. The minimum atomic E-state index is 0.306. The fraction of sp³-hybridized carbons (Fsp3) is 0.846. The van der Waals surface area contributed by atoms with E-state index in [1.54, 1.807) is 0 Å². The van der Waals surface area contributed by atoms with Gasteiger partial charge in [0, 0.05) is 13.2 Å². The lowest BCUT2D eigenvalue weighted by Gasteiger charge is -2.23. The highest BCUT2D eigenvalue weighted by molar-refractivity contribution is 5.06. The van der Waals surface area contributed by atoms with Crippen molar-refractivity contribution in [1.29, 1.82) is 0 Å². The molecule has 0 aromatic rings. The summed E-state index contributed by atoms with van der Waals surface area (Å²) in [7, 11) is 4.13. The number of hydrogen-bond acceptors (Lipinski definition) is 3. The summed E-state index contributed by atoms with van der Waals surface area (Å²) in [5.74, 6) is 0. The maximum absolute atomic E-state index is 8.76. The molecule has 0 aliphatic heterocycles. The molecular weight excluding hydrogens is 202 g/mol. The average Bonchev–Trinajstić information content (AvgIpc) is 2.27. The molecule has 3 heteroatoms. The first-order valence-corrected chi connectivity index (χ1v) is 6.27. The minimum Gasteiger partial charge on any atom is -0.396 e. The highest BCUT2D eigenvalue weighted by atomic mass is 16.5. The zero-order valence-corrected chi connectivity index (χ0v) is 10.6. The van der Waals surface area contributed by atoms with Crippen molar-refractivity contribution < 1.29 is 9.84 Å². The minimum absolute atomic E-state index is 0.306. The summed E-state index contributed by atoms with van der Waals surface area (Å²) in [6.07, 6.45) is 8.02. The van der Waals surface area contributed by atoms with E-state index in [4.69, 9.17) is 9.84 Å². The van der Waals surface area contributed by atoms with Gasteiger partial charge < -0.3 is 14.7 Å². The molecule has 1 atom stereocenters. The zero-order chi connectivity index (χ0) is 11.8. The van der Waals surface area contributed by atoms with Gasteiger partial charge in [-0.1, -0.05) is 11.6 Å². The molecule has 1 unspecified atom stereocenters. The Labute approximate surface area is 99.1 Å². The van der Waals surface area contributed by atoms with E-state index in [2.05, 4.69) is 25.1 Å². The first-order chi connectivity index (χ1) is 7.72. The Kier molecular flexibility index (Phi) is 6.69. The standard InChI is InChI=1S/C13H25NO2/c1-14(2)9-11-16-13-7-5-12(6-8-13)4-3-10-15/h5,13,15H,3-4,6-11H2,1-2H3. The quantitative estimate of drug-likeness (QED) is 0.673. The van der Waals surface area contributed by atoms with E-state index in [0.717, 1.165) is 45.3 Å². The molecule has 0 saturated carbocycles. The molecular formula is C13H25NO2. The van der Waals surface area contributed by atoms with Gasteiger partial charge in [0.15, 0.2) is 0 Å². The van der Waals surface area contributed by atoms with E-state index in [1.807, 2.05) is 0 Å². The second-order valence-electron chi connectivity index (χ2n) is 4.76. The number of rotatable bonds is 7. The van der Waals surface area contributed by atoms with Gasteiger partial charge in [-0.05, 0) is 46.2 Å². The first-order valence-electron chi connectivity index (χ1n) is 6.27. The van der Waals surface area contributed by atoms with Gasteiger partial charge in [0.2, 0.25) is 0 Å². The molecule has 0 bridgehead atoms. The summed E-state index contributed by atoms with van der Waals surface area (Å²) in [6, 6.07) is 0. The number of likely N-dealkylation sites (N-methyl/N-ethyl adjacent to an activating group) is 1. The molecule has 0 aromatic heterocycles. The Bertz CT molecular complexity index is 214. The van der Waals surface area contributed by atoms with Crippen LogP contribution in [0, 0.1) is 0 Å². The third-order valence-electron chi connectivity index (χ3n) is 3.00. The van der Waals surface area contributed by atoms with Crippen molar-refractivity contribution in [3.63, 3.8) is 0 Å². The second-order valence-corrected chi connectivity index (χ2v) is 4.76. The number of nitrogens with zero attached hydrogens (tertiary/aromatic N) is 1. The fourth-order valence-corrected chi connectivity index (χ4v) is 1.95. The molecule has 94 valence electrons. The first kappa shape index (κ1) is 13.7. The summed E-state index contributed by atoms with van der Waals surface area (Å²) >= 11 is 0. The topological polar surface area (TPSA) is 32.7 Å². The van der Waals surface area contributed by atoms with Gasteiger partial charge >= 0.3 is 0 Å². The molecule has 1 aliphatic carbocycles. The van der Waals surface area contributed by atoms with Crippen LogP contribution in [0.15, 0.2) is 11.6 Å². The van der Waals surface area contributed by atoms with Crippen molar-refractivity contribution in [3.05, 3.63) is 11.6 Å². The number of aliphatic hydroxyl groups excluding tert-OH is 1. The van der Waals surface area contributed by atoms with Crippen molar-refractivity contribution in [1.82, 2.24) is 4.90 Å². The van der Waals surface area contributed by atoms with E-state index in [-0.39, 0.29) is 0 Å². The Hall–Kier alpha value is -0.380. The largest absolute Gasteiger partial charge is 0.396 e.